The number of benzene rings is 10. The van der Waals surface area contributed by atoms with Crippen LogP contribution in [-0.2, 0) is 0 Å². The van der Waals surface area contributed by atoms with Crippen LogP contribution in [0.15, 0.2) is 229 Å². The standard InChI is InChI=1S/C60H37NOS2/c1-4-17-53-50(13-1)59-47(15-8-18-54(59)62-53)39-24-31-45(32-25-39)61(46-33-26-40(27-34-46)48-16-9-21-58-60(48)51-14-3-6-20-56(51)64-58)44-29-22-38(23-30-44)41-10-7-11-42(36-41)43-28-35-57-52(37-43)49-12-2-5-19-55(49)63-57/h1-37H. The molecule has 0 fully saturated rings. The van der Waals surface area contributed by atoms with E-state index in [9.17, 15) is 0 Å². The minimum atomic E-state index is 0.901. The minimum absolute atomic E-state index is 0.901. The number of thiophene rings is 2. The lowest BCUT2D eigenvalue weighted by Crippen LogP contribution is -2.09. The zero-order valence-corrected chi connectivity index (χ0v) is 36.2. The number of anilines is 3. The Morgan fingerprint density at radius 2 is 0.750 bits per heavy atom. The highest BCUT2D eigenvalue weighted by Gasteiger charge is 2.18. The molecule has 13 aromatic rings. The first-order chi connectivity index (χ1) is 31.7. The molecule has 0 radical (unpaired) electrons. The molecule has 13 rings (SSSR count). The van der Waals surface area contributed by atoms with Crippen LogP contribution < -0.4 is 4.90 Å². The maximum atomic E-state index is 6.26. The Kier molecular flexibility index (Phi) is 8.61. The van der Waals surface area contributed by atoms with Crippen LogP contribution in [0.25, 0.3) is 107 Å². The van der Waals surface area contributed by atoms with E-state index in [0.717, 1.165) is 50.1 Å². The van der Waals surface area contributed by atoms with E-state index in [1.165, 1.54) is 73.7 Å². The summed E-state index contributed by atoms with van der Waals surface area (Å²) in [6.45, 7) is 0. The molecule has 2 nitrogen and oxygen atoms in total. The Bertz CT molecular complexity index is 3730. The lowest BCUT2D eigenvalue weighted by molar-refractivity contribution is 0.669. The van der Waals surface area contributed by atoms with Gasteiger partial charge in [-0.25, -0.2) is 0 Å². The number of rotatable bonds is 7. The van der Waals surface area contributed by atoms with Gasteiger partial charge >= 0.3 is 0 Å². The van der Waals surface area contributed by atoms with E-state index < -0.39 is 0 Å². The first-order valence-electron chi connectivity index (χ1n) is 21.6. The van der Waals surface area contributed by atoms with Crippen molar-refractivity contribution in [2.45, 2.75) is 0 Å². The average Bonchev–Trinajstić information content (AvgIpc) is 4.06. The molecule has 0 saturated heterocycles. The summed E-state index contributed by atoms with van der Waals surface area (Å²) in [6.07, 6.45) is 0. The third kappa shape index (κ3) is 6.14. The molecule has 0 atom stereocenters. The number of para-hydroxylation sites is 1. The van der Waals surface area contributed by atoms with E-state index in [1.54, 1.807) is 0 Å². The lowest BCUT2D eigenvalue weighted by Gasteiger charge is -2.26. The minimum Gasteiger partial charge on any atom is -0.456 e. The SMILES string of the molecule is c1cc(-c2ccc(N(c3ccc(-c4cccc5oc6ccccc6c45)cc3)c3ccc(-c4cccc5sc6ccccc6c45)cc3)cc2)cc(-c2ccc3sc4ccccc4c3c2)c1. The van der Waals surface area contributed by atoms with E-state index >= 15 is 0 Å². The monoisotopic (exact) mass is 851 g/mol. The fourth-order valence-corrected chi connectivity index (χ4v) is 11.9. The summed E-state index contributed by atoms with van der Waals surface area (Å²) in [5.74, 6) is 0. The molecule has 0 aliphatic rings. The predicted octanol–water partition coefficient (Wildman–Crippen LogP) is 18.5. The van der Waals surface area contributed by atoms with Gasteiger partial charge in [-0.05, 0) is 129 Å². The molecule has 0 N–H and O–H groups in total. The summed E-state index contributed by atoms with van der Waals surface area (Å²) in [7, 11) is 0. The van der Waals surface area contributed by atoms with Gasteiger partial charge in [0.05, 0.1) is 0 Å². The quantitative estimate of drug-likeness (QED) is 0.159. The van der Waals surface area contributed by atoms with Gasteiger partial charge in [0.2, 0.25) is 0 Å². The van der Waals surface area contributed by atoms with Gasteiger partial charge < -0.3 is 9.32 Å². The Labute approximate surface area is 378 Å². The topological polar surface area (TPSA) is 16.4 Å². The summed E-state index contributed by atoms with van der Waals surface area (Å²) in [5, 5.41) is 7.55. The second kappa shape index (κ2) is 15.0. The van der Waals surface area contributed by atoms with Crippen LogP contribution in [0, 0.1) is 0 Å². The molecular formula is C60H37NOS2. The van der Waals surface area contributed by atoms with Gasteiger partial charge in [0.15, 0.2) is 0 Å². The van der Waals surface area contributed by atoms with Crippen LogP contribution in [0.5, 0.6) is 0 Å². The van der Waals surface area contributed by atoms with Crippen molar-refractivity contribution in [3.8, 4) is 44.5 Å². The van der Waals surface area contributed by atoms with Crippen LogP contribution in [0.1, 0.15) is 0 Å². The Morgan fingerprint density at radius 3 is 1.47 bits per heavy atom. The van der Waals surface area contributed by atoms with Gasteiger partial charge in [-0.1, -0.05) is 140 Å². The van der Waals surface area contributed by atoms with Gasteiger partial charge in [-0.3, -0.25) is 0 Å². The van der Waals surface area contributed by atoms with Crippen LogP contribution in [0.2, 0.25) is 0 Å². The molecule has 0 saturated carbocycles. The van der Waals surface area contributed by atoms with Crippen molar-refractivity contribution in [3.05, 3.63) is 224 Å². The van der Waals surface area contributed by atoms with Gasteiger partial charge in [0, 0.05) is 68.2 Å². The number of nitrogens with zero attached hydrogens (tertiary/aromatic N) is 1. The Morgan fingerprint density at radius 1 is 0.281 bits per heavy atom. The molecule has 10 aromatic carbocycles. The Hall–Kier alpha value is -7.76. The third-order valence-corrected chi connectivity index (χ3v) is 15.0. The van der Waals surface area contributed by atoms with Gasteiger partial charge in [-0.2, -0.15) is 0 Å². The number of furan rings is 1. The molecule has 4 heteroatoms. The maximum Gasteiger partial charge on any atom is 0.136 e. The van der Waals surface area contributed by atoms with E-state index in [1.807, 2.05) is 34.8 Å². The second-order valence-corrected chi connectivity index (χ2v) is 18.6. The first-order valence-corrected chi connectivity index (χ1v) is 23.3. The lowest BCUT2D eigenvalue weighted by atomic mass is 9.97. The molecule has 300 valence electrons. The molecule has 3 heterocycles. The Balaban J connectivity index is 0.883. The molecule has 0 aliphatic carbocycles. The molecular weight excluding hydrogens is 815 g/mol. The number of hydrogen-bond donors (Lipinski definition) is 0. The van der Waals surface area contributed by atoms with E-state index in [0.29, 0.717) is 0 Å². The molecule has 3 aromatic heterocycles. The van der Waals surface area contributed by atoms with Crippen molar-refractivity contribution in [1.29, 1.82) is 0 Å². The highest BCUT2D eigenvalue weighted by atomic mass is 32.1. The summed E-state index contributed by atoms with van der Waals surface area (Å²) in [5.41, 5.74) is 14.6. The van der Waals surface area contributed by atoms with Crippen molar-refractivity contribution in [2.75, 3.05) is 4.90 Å². The molecule has 0 aliphatic heterocycles. The first kappa shape index (κ1) is 36.9. The average molecular weight is 852 g/mol. The zero-order valence-electron chi connectivity index (χ0n) is 34.5. The van der Waals surface area contributed by atoms with E-state index in [4.69, 9.17) is 4.42 Å². The number of hydrogen-bond acceptors (Lipinski definition) is 4. The predicted molar refractivity (Wildman–Crippen MR) is 276 cm³/mol. The molecule has 64 heavy (non-hydrogen) atoms. The van der Waals surface area contributed by atoms with Crippen molar-refractivity contribution in [2.24, 2.45) is 0 Å². The molecule has 0 spiro atoms. The molecule has 0 amide bonds. The largest absolute Gasteiger partial charge is 0.456 e. The van der Waals surface area contributed by atoms with Crippen LogP contribution >= 0.6 is 22.7 Å². The normalized spacial score (nSPS) is 11.8. The summed E-state index contributed by atoms with van der Waals surface area (Å²) < 4.78 is 11.5. The van der Waals surface area contributed by atoms with Crippen molar-refractivity contribution in [1.82, 2.24) is 0 Å². The maximum absolute atomic E-state index is 6.26. The van der Waals surface area contributed by atoms with Gasteiger partial charge in [0.25, 0.3) is 0 Å². The smallest absolute Gasteiger partial charge is 0.136 e. The fourth-order valence-electron chi connectivity index (χ4n) is 9.64. The van der Waals surface area contributed by atoms with Crippen molar-refractivity contribution < 1.29 is 4.42 Å². The second-order valence-electron chi connectivity index (χ2n) is 16.4. The van der Waals surface area contributed by atoms with Crippen molar-refractivity contribution >= 4 is 102 Å². The molecule has 0 unspecified atom stereocenters. The summed E-state index contributed by atoms with van der Waals surface area (Å²) >= 11 is 3.72. The highest BCUT2D eigenvalue weighted by molar-refractivity contribution is 7.26. The summed E-state index contributed by atoms with van der Waals surface area (Å²) in [4.78, 5) is 2.36. The van der Waals surface area contributed by atoms with Crippen molar-refractivity contribution in [3.63, 3.8) is 0 Å². The highest BCUT2D eigenvalue weighted by Crippen LogP contribution is 2.44. The van der Waals surface area contributed by atoms with E-state index in [2.05, 4.69) is 217 Å². The molecule has 0 bridgehead atoms. The zero-order chi connectivity index (χ0) is 42.1. The van der Waals surface area contributed by atoms with Gasteiger partial charge in [-0.15, -0.1) is 22.7 Å². The fraction of sp³-hybridized carbons (Fsp3) is 0. The van der Waals surface area contributed by atoms with Crippen LogP contribution in [-0.4, -0.2) is 0 Å². The third-order valence-electron chi connectivity index (χ3n) is 12.7. The van der Waals surface area contributed by atoms with Crippen LogP contribution in [0.4, 0.5) is 17.1 Å². The number of fused-ring (bicyclic) bond motifs is 9. The van der Waals surface area contributed by atoms with Crippen LogP contribution in [0.3, 0.4) is 0 Å². The van der Waals surface area contributed by atoms with Gasteiger partial charge in [0.1, 0.15) is 11.2 Å². The summed E-state index contributed by atoms with van der Waals surface area (Å²) in [6, 6.07) is 81.7. The van der Waals surface area contributed by atoms with E-state index in [-0.39, 0.29) is 0 Å².